The van der Waals surface area contributed by atoms with Crippen molar-refractivity contribution in [3.8, 4) is 11.3 Å². The second kappa shape index (κ2) is 4.29. The molecule has 3 nitrogen and oxygen atoms in total. The second-order valence-electron chi connectivity index (χ2n) is 3.14. The number of halogens is 4. The lowest BCUT2D eigenvalue weighted by molar-refractivity contribution is -0.144. The van der Waals surface area contributed by atoms with Crippen molar-refractivity contribution in [3.63, 3.8) is 0 Å². The molecular formula is C10H5ClF3N3. The highest BCUT2D eigenvalue weighted by molar-refractivity contribution is 6.29. The van der Waals surface area contributed by atoms with E-state index in [0.29, 0.717) is 5.56 Å². The molecule has 2 aromatic rings. The van der Waals surface area contributed by atoms with E-state index in [1.807, 2.05) is 0 Å². The minimum absolute atomic E-state index is 0.0884. The molecule has 17 heavy (non-hydrogen) atoms. The van der Waals surface area contributed by atoms with Gasteiger partial charge in [-0.15, -0.1) is 0 Å². The summed E-state index contributed by atoms with van der Waals surface area (Å²) in [5.41, 5.74) is 0.535. The Labute approximate surface area is 99.3 Å². The van der Waals surface area contributed by atoms with Gasteiger partial charge in [0.25, 0.3) is 0 Å². The van der Waals surface area contributed by atoms with Gasteiger partial charge >= 0.3 is 6.18 Å². The van der Waals surface area contributed by atoms with Crippen LogP contribution in [0.2, 0.25) is 5.15 Å². The van der Waals surface area contributed by atoms with Crippen LogP contribution in [0.3, 0.4) is 0 Å². The first-order chi connectivity index (χ1) is 7.97. The van der Waals surface area contributed by atoms with Gasteiger partial charge in [-0.1, -0.05) is 11.6 Å². The van der Waals surface area contributed by atoms with E-state index in [-0.39, 0.29) is 10.8 Å². The van der Waals surface area contributed by atoms with E-state index in [1.54, 1.807) is 12.1 Å². The molecule has 0 spiro atoms. The highest BCUT2D eigenvalue weighted by atomic mass is 35.5. The SMILES string of the molecule is FC(F)(F)c1nc(Cl)cc(-c2cccnc2)n1. The normalized spacial score (nSPS) is 11.5. The molecule has 0 saturated carbocycles. The first kappa shape index (κ1) is 11.8. The molecule has 7 heteroatoms. The van der Waals surface area contributed by atoms with E-state index >= 15 is 0 Å². The van der Waals surface area contributed by atoms with Crippen molar-refractivity contribution in [2.45, 2.75) is 6.18 Å². The van der Waals surface area contributed by atoms with Crippen molar-refractivity contribution in [1.29, 1.82) is 0 Å². The molecule has 0 radical (unpaired) electrons. The number of alkyl halides is 3. The zero-order valence-electron chi connectivity index (χ0n) is 8.24. The Morgan fingerprint density at radius 1 is 1.18 bits per heavy atom. The van der Waals surface area contributed by atoms with Gasteiger partial charge in [0.15, 0.2) is 0 Å². The number of aromatic nitrogens is 3. The predicted octanol–water partition coefficient (Wildman–Crippen LogP) is 3.21. The molecule has 0 unspecified atom stereocenters. The minimum Gasteiger partial charge on any atom is -0.264 e. The maximum atomic E-state index is 12.5. The van der Waals surface area contributed by atoms with Crippen LogP contribution in [-0.4, -0.2) is 15.0 Å². The molecule has 0 aliphatic heterocycles. The third-order valence-corrected chi connectivity index (χ3v) is 2.10. The van der Waals surface area contributed by atoms with E-state index < -0.39 is 12.0 Å². The molecule has 0 bridgehead atoms. The molecule has 2 aromatic heterocycles. The molecule has 88 valence electrons. The van der Waals surface area contributed by atoms with Gasteiger partial charge in [0, 0.05) is 24.0 Å². The molecule has 0 fully saturated rings. The second-order valence-corrected chi connectivity index (χ2v) is 3.53. The van der Waals surface area contributed by atoms with Gasteiger partial charge in [0.2, 0.25) is 5.82 Å². The molecule has 2 rings (SSSR count). The predicted molar refractivity (Wildman–Crippen MR) is 55.3 cm³/mol. The van der Waals surface area contributed by atoms with Crippen LogP contribution < -0.4 is 0 Å². The third-order valence-electron chi connectivity index (χ3n) is 1.91. The average Bonchev–Trinajstić information content (AvgIpc) is 2.28. The Bertz CT molecular complexity index is 528. The van der Waals surface area contributed by atoms with E-state index in [4.69, 9.17) is 11.6 Å². The van der Waals surface area contributed by atoms with E-state index in [9.17, 15) is 13.2 Å². The van der Waals surface area contributed by atoms with Crippen LogP contribution in [0.25, 0.3) is 11.3 Å². The van der Waals surface area contributed by atoms with E-state index in [0.717, 1.165) is 0 Å². The summed E-state index contributed by atoms with van der Waals surface area (Å²) in [6.45, 7) is 0. The highest BCUT2D eigenvalue weighted by Crippen LogP contribution is 2.29. The summed E-state index contributed by atoms with van der Waals surface area (Å²) in [7, 11) is 0. The lowest BCUT2D eigenvalue weighted by Gasteiger charge is -2.07. The number of hydrogen-bond acceptors (Lipinski definition) is 3. The summed E-state index contributed by atoms with van der Waals surface area (Å²) in [6.07, 6.45) is -1.71. The fraction of sp³-hybridized carbons (Fsp3) is 0.100. The Balaban J connectivity index is 2.54. The zero-order chi connectivity index (χ0) is 12.5. The van der Waals surface area contributed by atoms with Crippen molar-refractivity contribution in [2.24, 2.45) is 0 Å². The molecule has 0 saturated heterocycles. The van der Waals surface area contributed by atoms with Crippen LogP contribution in [-0.2, 0) is 6.18 Å². The molecular weight excluding hydrogens is 255 g/mol. The van der Waals surface area contributed by atoms with Gasteiger partial charge in [-0.3, -0.25) is 4.98 Å². The van der Waals surface area contributed by atoms with Gasteiger partial charge < -0.3 is 0 Å². The summed E-state index contributed by atoms with van der Waals surface area (Å²) in [4.78, 5) is 10.4. The van der Waals surface area contributed by atoms with Crippen LogP contribution >= 0.6 is 11.6 Å². The Morgan fingerprint density at radius 3 is 2.53 bits per heavy atom. The quantitative estimate of drug-likeness (QED) is 0.738. The molecule has 0 atom stereocenters. The topological polar surface area (TPSA) is 38.7 Å². The summed E-state index contributed by atoms with van der Waals surface area (Å²) >= 11 is 5.53. The highest BCUT2D eigenvalue weighted by Gasteiger charge is 2.35. The van der Waals surface area contributed by atoms with Crippen LogP contribution in [0.1, 0.15) is 5.82 Å². The van der Waals surface area contributed by atoms with Crippen molar-refractivity contribution in [3.05, 3.63) is 41.6 Å². The van der Waals surface area contributed by atoms with Gasteiger partial charge in [0.05, 0.1) is 5.69 Å². The molecule has 0 aliphatic carbocycles. The monoisotopic (exact) mass is 259 g/mol. The smallest absolute Gasteiger partial charge is 0.264 e. The Hall–Kier alpha value is -1.69. The standard InChI is InChI=1S/C10H5ClF3N3/c11-8-4-7(6-2-1-3-15-5-6)16-9(17-8)10(12,13)14/h1-5H. The van der Waals surface area contributed by atoms with Crippen molar-refractivity contribution < 1.29 is 13.2 Å². The Kier molecular flexibility index (Phi) is 2.97. The lowest BCUT2D eigenvalue weighted by Crippen LogP contribution is -2.11. The molecule has 2 heterocycles. The number of rotatable bonds is 1. The summed E-state index contributed by atoms with van der Waals surface area (Å²) in [5.74, 6) is -1.26. The van der Waals surface area contributed by atoms with Crippen LogP contribution in [0.15, 0.2) is 30.6 Å². The van der Waals surface area contributed by atoms with Gasteiger partial charge in [-0.05, 0) is 12.1 Å². The number of nitrogens with zero attached hydrogens (tertiary/aromatic N) is 3. The zero-order valence-corrected chi connectivity index (χ0v) is 9.00. The maximum Gasteiger partial charge on any atom is 0.451 e. The van der Waals surface area contributed by atoms with Crippen molar-refractivity contribution in [2.75, 3.05) is 0 Å². The Morgan fingerprint density at radius 2 is 1.94 bits per heavy atom. The summed E-state index contributed by atoms with van der Waals surface area (Å²) in [6, 6.07) is 4.44. The van der Waals surface area contributed by atoms with Crippen molar-refractivity contribution >= 4 is 11.6 Å². The molecule has 0 amide bonds. The first-order valence-corrected chi connectivity index (χ1v) is 4.87. The van der Waals surface area contributed by atoms with Crippen LogP contribution in [0, 0.1) is 0 Å². The van der Waals surface area contributed by atoms with E-state index in [1.165, 1.54) is 18.5 Å². The van der Waals surface area contributed by atoms with Gasteiger partial charge in [0.1, 0.15) is 5.15 Å². The fourth-order valence-corrected chi connectivity index (χ4v) is 1.39. The number of pyridine rings is 1. The third kappa shape index (κ3) is 2.71. The molecule has 0 aromatic carbocycles. The van der Waals surface area contributed by atoms with Crippen LogP contribution in [0.4, 0.5) is 13.2 Å². The molecule has 0 N–H and O–H groups in total. The fourth-order valence-electron chi connectivity index (χ4n) is 1.21. The minimum atomic E-state index is -4.62. The average molecular weight is 260 g/mol. The van der Waals surface area contributed by atoms with Crippen molar-refractivity contribution in [1.82, 2.24) is 15.0 Å². The summed E-state index contributed by atoms with van der Waals surface area (Å²) in [5, 5.41) is -0.258. The van der Waals surface area contributed by atoms with Gasteiger partial charge in [-0.25, -0.2) is 9.97 Å². The largest absolute Gasteiger partial charge is 0.451 e. The van der Waals surface area contributed by atoms with Crippen LogP contribution in [0.5, 0.6) is 0 Å². The summed E-state index contributed by atoms with van der Waals surface area (Å²) < 4.78 is 37.4. The molecule has 0 aliphatic rings. The van der Waals surface area contributed by atoms with Gasteiger partial charge in [-0.2, -0.15) is 13.2 Å². The maximum absolute atomic E-state index is 12.5. The number of hydrogen-bond donors (Lipinski definition) is 0. The van der Waals surface area contributed by atoms with E-state index in [2.05, 4.69) is 15.0 Å². The lowest BCUT2D eigenvalue weighted by atomic mass is 10.2. The first-order valence-electron chi connectivity index (χ1n) is 4.49.